The van der Waals surface area contributed by atoms with Crippen LogP contribution in [0.4, 0.5) is 0 Å². The van der Waals surface area contributed by atoms with E-state index in [1.165, 1.54) is 0 Å². The quantitative estimate of drug-likeness (QED) is 0.939. The molecule has 0 aliphatic rings. The normalized spacial score (nSPS) is 12.4. The zero-order valence-electron chi connectivity index (χ0n) is 9.38. The summed E-state index contributed by atoms with van der Waals surface area (Å²) in [6, 6.07) is 13.9. The van der Waals surface area contributed by atoms with Gasteiger partial charge in [0.25, 0.3) is 0 Å². The number of hydrogen-bond donors (Lipinski definition) is 1. The van der Waals surface area contributed by atoms with Gasteiger partial charge in [-0.2, -0.15) is 0 Å². The van der Waals surface area contributed by atoms with Crippen LogP contribution in [0.1, 0.15) is 17.2 Å². The van der Waals surface area contributed by atoms with Gasteiger partial charge < -0.3 is 5.11 Å². The highest BCUT2D eigenvalue weighted by atomic mass is 79.9. The molecular formula is C14H14BrNO. The second kappa shape index (κ2) is 5.94. The van der Waals surface area contributed by atoms with Gasteiger partial charge in [0, 0.05) is 22.3 Å². The molecule has 2 rings (SSSR count). The molecule has 2 aromatic rings. The van der Waals surface area contributed by atoms with E-state index in [1.807, 2.05) is 42.5 Å². The van der Waals surface area contributed by atoms with Crippen molar-refractivity contribution in [3.8, 4) is 0 Å². The maximum atomic E-state index is 9.49. The summed E-state index contributed by atoms with van der Waals surface area (Å²) >= 11 is 3.45. The Morgan fingerprint density at radius 3 is 2.71 bits per heavy atom. The first-order valence-electron chi connectivity index (χ1n) is 5.56. The zero-order valence-corrected chi connectivity index (χ0v) is 11.0. The van der Waals surface area contributed by atoms with E-state index >= 15 is 0 Å². The van der Waals surface area contributed by atoms with Crippen LogP contribution in [-0.2, 0) is 6.42 Å². The summed E-state index contributed by atoms with van der Waals surface area (Å²) in [5.74, 6) is 0.0994. The van der Waals surface area contributed by atoms with Crippen LogP contribution >= 0.6 is 15.9 Å². The van der Waals surface area contributed by atoms with Crippen LogP contribution in [0.2, 0.25) is 0 Å². The van der Waals surface area contributed by atoms with E-state index in [0.717, 1.165) is 22.2 Å². The van der Waals surface area contributed by atoms with Gasteiger partial charge in [-0.15, -0.1) is 0 Å². The number of nitrogens with zero attached hydrogens (tertiary/aromatic N) is 1. The van der Waals surface area contributed by atoms with Gasteiger partial charge in [0.15, 0.2) is 0 Å². The van der Waals surface area contributed by atoms with E-state index in [2.05, 4.69) is 20.9 Å². The number of pyridine rings is 1. The molecule has 1 unspecified atom stereocenters. The van der Waals surface area contributed by atoms with Crippen molar-refractivity contribution in [1.82, 2.24) is 4.98 Å². The van der Waals surface area contributed by atoms with Crippen molar-refractivity contribution >= 4 is 15.9 Å². The van der Waals surface area contributed by atoms with Crippen molar-refractivity contribution in [2.75, 3.05) is 6.61 Å². The van der Waals surface area contributed by atoms with Crippen molar-refractivity contribution in [1.29, 1.82) is 0 Å². The summed E-state index contributed by atoms with van der Waals surface area (Å²) in [5.41, 5.74) is 2.14. The summed E-state index contributed by atoms with van der Waals surface area (Å²) in [5, 5.41) is 9.49. The molecule has 0 saturated carbocycles. The van der Waals surface area contributed by atoms with Crippen LogP contribution < -0.4 is 0 Å². The minimum absolute atomic E-state index is 0.0994. The lowest BCUT2D eigenvalue weighted by Crippen LogP contribution is -2.08. The standard InChI is InChI=1S/C14H14BrNO/c15-13-5-3-4-11(8-13)12(10-17)9-14-6-1-2-7-16-14/h1-8,12,17H,9-10H2. The minimum atomic E-state index is 0.0994. The topological polar surface area (TPSA) is 33.1 Å². The first-order valence-corrected chi connectivity index (χ1v) is 6.35. The monoisotopic (exact) mass is 291 g/mol. The first kappa shape index (κ1) is 12.3. The van der Waals surface area contributed by atoms with Crippen LogP contribution in [0.3, 0.4) is 0 Å². The summed E-state index contributed by atoms with van der Waals surface area (Å²) in [4.78, 5) is 4.29. The number of aromatic nitrogens is 1. The molecule has 0 amide bonds. The summed E-state index contributed by atoms with van der Waals surface area (Å²) in [7, 11) is 0. The SMILES string of the molecule is OCC(Cc1ccccn1)c1cccc(Br)c1. The van der Waals surface area contributed by atoms with E-state index in [4.69, 9.17) is 0 Å². The highest BCUT2D eigenvalue weighted by Crippen LogP contribution is 2.22. The number of halogens is 1. The van der Waals surface area contributed by atoms with Gasteiger partial charge in [-0.05, 0) is 36.2 Å². The van der Waals surface area contributed by atoms with E-state index in [-0.39, 0.29) is 12.5 Å². The van der Waals surface area contributed by atoms with Crippen molar-refractivity contribution in [3.63, 3.8) is 0 Å². The largest absolute Gasteiger partial charge is 0.396 e. The van der Waals surface area contributed by atoms with Gasteiger partial charge in [-0.1, -0.05) is 34.1 Å². The van der Waals surface area contributed by atoms with E-state index in [0.29, 0.717) is 0 Å². The Labute approximate surface area is 109 Å². The Morgan fingerprint density at radius 1 is 1.18 bits per heavy atom. The third kappa shape index (κ3) is 3.38. The minimum Gasteiger partial charge on any atom is -0.396 e. The van der Waals surface area contributed by atoms with Crippen LogP contribution in [-0.4, -0.2) is 16.7 Å². The van der Waals surface area contributed by atoms with E-state index in [9.17, 15) is 5.11 Å². The van der Waals surface area contributed by atoms with Crippen molar-refractivity contribution < 1.29 is 5.11 Å². The number of aliphatic hydroxyl groups excluding tert-OH is 1. The Kier molecular flexibility index (Phi) is 4.29. The summed E-state index contributed by atoms with van der Waals surface area (Å²) < 4.78 is 1.04. The molecule has 17 heavy (non-hydrogen) atoms. The second-order valence-electron chi connectivity index (χ2n) is 3.96. The molecule has 0 radical (unpaired) electrons. The molecule has 1 heterocycles. The van der Waals surface area contributed by atoms with Crippen molar-refractivity contribution in [2.45, 2.75) is 12.3 Å². The molecule has 0 spiro atoms. The summed E-state index contributed by atoms with van der Waals surface area (Å²) in [6.45, 7) is 0.132. The molecule has 2 nitrogen and oxygen atoms in total. The lowest BCUT2D eigenvalue weighted by Gasteiger charge is -2.14. The van der Waals surface area contributed by atoms with E-state index in [1.54, 1.807) is 6.20 Å². The lowest BCUT2D eigenvalue weighted by atomic mass is 9.95. The molecule has 88 valence electrons. The highest BCUT2D eigenvalue weighted by molar-refractivity contribution is 9.10. The van der Waals surface area contributed by atoms with Gasteiger partial charge in [0.2, 0.25) is 0 Å². The van der Waals surface area contributed by atoms with Gasteiger partial charge in [0.05, 0.1) is 6.61 Å². The smallest absolute Gasteiger partial charge is 0.0503 e. The number of hydrogen-bond acceptors (Lipinski definition) is 2. The summed E-state index contributed by atoms with van der Waals surface area (Å²) in [6.07, 6.45) is 2.54. The average Bonchev–Trinajstić information content (AvgIpc) is 2.37. The third-order valence-electron chi connectivity index (χ3n) is 2.72. The predicted octanol–water partition coefficient (Wildman–Crippen LogP) is 3.16. The Morgan fingerprint density at radius 2 is 2.06 bits per heavy atom. The fourth-order valence-electron chi connectivity index (χ4n) is 1.82. The number of benzene rings is 1. The van der Waals surface area contributed by atoms with Crippen molar-refractivity contribution in [2.24, 2.45) is 0 Å². The molecule has 0 aliphatic heterocycles. The molecule has 0 fully saturated rings. The molecule has 0 aliphatic carbocycles. The van der Waals surface area contributed by atoms with Crippen LogP contribution in [0.25, 0.3) is 0 Å². The first-order chi connectivity index (χ1) is 8.29. The molecule has 0 saturated heterocycles. The lowest BCUT2D eigenvalue weighted by molar-refractivity contribution is 0.264. The molecule has 0 bridgehead atoms. The predicted molar refractivity (Wildman–Crippen MR) is 71.9 cm³/mol. The third-order valence-corrected chi connectivity index (χ3v) is 3.22. The zero-order chi connectivity index (χ0) is 12.1. The second-order valence-corrected chi connectivity index (χ2v) is 4.88. The Bertz CT molecular complexity index is 473. The van der Waals surface area contributed by atoms with Crippen LogP contribution in [0.15, 0.2) is 53.1 Å². The Balaban J connectivity index is 2.17. The average molecular weight is 292 g/mol. The van der Waals surface area contributed by atoms with E-state index < -0.39 is 0 Å². The van der Waals surface area contributed by atoms with Crippen molar-refractivity contribution in [3.05, 3.63) is 64.4 Å². The molecule has 1 aromatic heterocycles. The molecule has 3 heteroatoms. The Hall–Kier alpha value is -1.19. The highest BCUT2D eigenvalue weighted by Gasteiger charge is 2.12. The van der Waals surface area contributed by atoms with Crippen LogP contribution in [0, 0.1) is 0 Å². The molecule has 1 N–H and O–H groups in total. The molecular weight excluding hydrogens is 278 g/mol. The van der Waals surface area contributed by atoms with Gasteiger partial charge in [-0.3, -0.25) is 4.98 Å². The van der Waals surface area contributed by atoms with Gasteiger partial charge in [-0.25, -0.2) is 0 Å². The maximum absolute atomic E-state index is 9.49. The van der Waals surface area contributed by atoms with Gasteiger partial charge >= 0.3 is 0 Å². The van der Waals surface area contributed by atoms with Crippen LogP contribution in [0.5, 0.6) is 0 Å². The number of aliphatic hydroxyl groups is 1. The fourth-order valence-corrected chi connectivity index (χ4v) is 2.24. The molecule has 1 aromatic carbocycles. The fraction of sp³-hybridized carbons (Fsp3) is 0.214. The maximum Gasteiger partial charge on any atom is 0.0503 e. The molecule has 1 atom stereocenters. The van der Waals surface area contributed by atoms with Gasteiger partial charge in [0.1, 0.15) is 0 Å². The number of rotatable bonds is 4.